The lowest BCUT2D eigenvalue weighted by Crippen LogP contribution is -2.31. The van der Waals surface area contributed by atoms with E-state index in [2.05, 4.69) is 308 Å². The number of pyridine rings is 8. The summed E-state index contributed by atoms with van der Waals surface area (Å²) in [6, 6.07) is 92.8. The molecule has 0 aliphatic carbocycles. The first-order valence-electron chi connectivity index (χ1n) is 56.3. The van der Waals surface area contributed by atoms with Gasteiger partial charge >= 0.3 is 0 Å². The molecule has 10 aromatic heterocycles. The van der Waals surface area contributed by atoms with Gasteiger partial charge in [0.1, 0.15) is 42.3 Å². The number of nitrogens with zero attached hydrogens (tertiary/aromatic N) is 8. The zero-order chi connectivity index (χ0) is 114. The van der Waals surface area contributed by atoms with Crippen LogP contribution in [0.3, 0.4) is 0 Å². The summed E-state index contributed by atoms with van der Waals surface area (Å²) in [6.45, 7) is 30.4. The van der Waals surface area contributed by atoms with Crippen molar-refractivity contribution in [2.45, 2.75) is 171 Å². The van der Waals surface area contributed by atoms with Gasteiger partial charge in [-0.15, -0.1) is 0 Å². The monoisotopic (exact) mass is 1920 g/mol. The molecule has 0 radical (unpaired) electrons. The maximum Gasteiger partial charge on any atom is 0.227 e. The molecule has 0 N–H and O–H groups in total. The van der Waals surface area contributed by atoms with Crippen LogP contribution in [-0.2, 0) is 42.3 Å². The average Bonchev–Trinajstić information content (AvgIpc) is 1.57. The van der Waals surface area contributed by atoms with Crippen molar-refractivity contribution in [1.29, 1.82) is 0 Å². The minimum Gasteiger partial charge on any atom is -0.437 e. The van der Waals surface area contributed by atoms with Crippen molar-refractivity contribution in [1.82, 2.24) is 9.97 Å². The van der Waals surface area contributed by atoms with Crippen LogP contribution in [-0.4, -0.2) is 9.97 Å². The lowest BCUT2D eigenvalue weighted by molar-refractivity contribution is -0.660. The van der Waals surface area contributed by atoms with Crippen molar-refractivity contribution >= 4 is 87.2 Å². The van der Waals surface area contributed by atoms with Gasteiger partial charge in [0.2, 0.25) is 45.6 Å². The van der Waals surface area contributed by atoms with Crippen LogP contribution in [0, 0.1) is 131 Å². The minimum atomic E-state index is -2.36. The largest absolute Gasteiger partial charge is 0.437 e. The summed E-state index contributed by atoms with van der Waals surface area (Å²) in [6.07, 6.45) is 12.1. The molecule has 145 heavy (non-hydrogen) atoms. The second kappa shape index (κ2) is 42.2. The second-order valence-electron chi connectivity index (χ2n) is 40.0. The quantitative estimate of drug-likeness (QED) is 0.128. The van der Waals surface area contributed by atoms with Crippen molar-refractivity contribution < 1.29 is 54.1 Å². The van der Waals surface area contributed by atoms with Gasteiger partial charge in [-0.2, -0.15) is 0 Å². The van der Waals surface area contributed by atoms with Gasteiger partial charge < -0.3 is 8.83 Å². The molecule has 10 heterocycles. The summed E-state index contributed by atoms with van der Waals surface area (Å²) in [4.78, 5) is 9.03. The highest BCUT2D eigenvalue weighted by atomic mass is 16.3. The van der Waals surface area contributed by atoms with Gasteiger partial charge in [-0.3, -0.25) is 0 Å². The predicted octanol–water partition coefficient (Wildman–Crippen LogP) is 31.7. The summed E-state index contributed by atoms with van der Waals surface area (Å²) >= 11 is 0. The Morgan fingerprint density at radius 3 is 1.03 bits per heavy atom. The minimum absolute atomic E-state index is 0.202. The highest BCUT2D eigenvalue weighted by molar-refractivity contribution is 6.12. The van der Waals surface area contributed by atoms with E-state index in [0.717, 1.165) is 89.0 Å². The molecule has 0 unspecified atom stereocenters. The Balaban J connectivity index is 0.000000129. The lowest BCUT2D eigenvalue weighted by Gasteiger charge is -2.12. The first kappa shape index (κ1) is 85.1. The van der Waals surface area contributed by atoms with Crippen molar-refractivity contribution in [2.24, 2.45) is 42.3 Å². The van der Waals surface area contributed by atoms with Gasteiger partial charge in [-0.05, 0) is 338 Å². The molecule has 0 aliphatic rings. The van der Waals surface area contributed by atoms with E-state index in [4.69, 9.17) is 26.7 Å². The summed E-state index contributed by atoms with van der Waals surface area (Å²) in [5, 5.41) is 12.4. The fraction of sp³-hybridized carbons (Fsp3) is 0.230. The SMILES string of the molecule is Cc1cc(C)c(C)c(-c2c3ccc(C(C)C)cc3cc[n+]2C)c1.Cc1cc(C)c(C)c(-c2c3ccccc3cc[n+]2C)c1.[2H]C(C)(C)c1ccc2c(-c3cc(C)cc(C)c3C)[n+](C)ccc2c1.[2H]C([2H])([2H])c1c[n+](C)c(-c2c(C)cc(C([2H])([2H])[2H])c3c2oc2nc(C)ccc23)cc1-c1ccccc1.[2H]C([2H])([2H])c1cc(C)c(-c2cc(-c3ccccc3)cc[n+]2C)c2oc3nc(C)ccc3c12.[2H]C([2H])([2H])c1cc(C)cc(-c2c3ccccc3cc[n+]2C)c1C. The molecular weight excluding hydrogens is 1770 g/mol. The third kappa shape index (κ3) is 20.7. The predicted molar refractivity (Wildman–Crippen MR) is 608 cm³/mol. The molecule has 0 saturated carbocycles. The Kier molecular flexibility index (Phi) is 24.8. The fourth-order valence-electron chi connectivity index (χ4n) is 20.5. The van der Waals surface area contributed by atoms with E-state index in [1.54, 1.807) is 36.0 Å². The molecular formula is C135H140N8O2+6. The molecule has 0 fully saturated rings. The number of aryl methyl sites for hydroxylation is 21. The Morgan fingerprint density at radius 2 is 0.621 bits per heavy atom. The van der Waals surface area contributed by atoms with Crippen LogP contribution >= 0.6 is 0 Å². The molecule has 10 heteroatoms. The van der Waals surface area contributed by atoms with Crippen LogP contribution in [0.4, 0.5) is 0 Å². The number of rotatable bonds is 10. The van der Waals surface area contributed by atoms with E-state index in [9.17, 15) is 0 Å². The van der Waals surface area contributed by atoms with Crippen molar-refractivity contribution in [3.8, 4) is 89.8 Å². The fourth-order valence-corrected chi connectivity index (χ4v) is 20.5. The summed E-state index contributed by atoms with van der Waals surface area (Å²) in [5.41, 5.74) is 39.0. The lowest BCUT2D eigenvalue weighted by atomic mass is 9.93. The number of benzene rings is 12. The molecule has 22 rings (SSSR count). The summed E-state index contributed by atoms with van der Waals surface area (Å²) < 4.78 is 130. The van der Waals surface area contributed by atoms with E-state index in [0.29, 0.717) is 78.2 Å². The zero-order valence-electron chi connectivity index (χ0n) is 101. The van der Waals surface area contributed by atoms with Crippen molar-refractivity contribution in [3.63, 3.8) is 0 Å². The smallest absolute Gasteiger partial charge is 0.227 e. The van der Waals surface area contributed by atoms with E-state index in [1.807, 2.05) is 177 Å². The van der Waals surface area contributed by atoms with Crippen LogP contribution in [0.2, 0.25) is 0 Å². The molecule has 22 aromatic rings. The van der Waals surface area contributed by atoms with Crippen LogP contribution in [0.5, 0.6) is 0 Å². The molecule has 0 saturated heterocycles. The van der Waals surface area contributed by atoms with Crippen LogP contribution < -0.4 is 27.4 Å². The Morgan fingerprint density at radius 1 is 0.269 bits per heavy atom. The molecule has 10 nitrogen and oxygen atoms in total. The molecule has 0 spiro atoms. The first-order chi connectivity index (χ1) is 74.5. The Bertz CT molecular complexity index is 9380. The molecule has 0 aliphatic heterocycles. The van der Waals surface area contributed by atoms with E-state index >= 15 is 0 Å². The Hall–Kier alpha value is -15.5. The molecule has 0 atom stereocenters. The van der Waals surface area contributed by atoms with E-state index in [-0.39, 0.29) is 11.1 Å². The highest BCUT2D eigenvalue weighted by Crippen LogP contribution is 2.44. The van der Waals surface area contributed by atoms with Crippen LogP contribution in [0.1, 0.15) is 174 Å². The highest BCUT2D eigenvalue weighted by Gasteiger charge is 2.30. The average molecular weight is 1920 g/mol. The third-order valence-corrected chi connectivity index (χ3v) is 28.7. The van der Waals surface area contributed by atoms with Gasteiger partial charge in [0, 0.05) is 98.8 Å². The topological polar surface area (TPSA) is 75.3 Å². The van der Waals surface area contributed by atoms with Gasteiger partial charge in [-0.1, -0.05) is 208 Å². The summed E-state index contributed by atoms with van der Waals surface area (Å²) in [5.74, 6) is -0.0258. The normalized spacial score (nSPS) is 13.1. The zero-order valence-corrected chi connectivity index (χ0v) is 88.4. The third-order valence-electron chi connectivity index (χ3n) is 28.7. The first-order valence-corrected chi connectivity index (χ1v) is 49.8. The van der Waals surface area contributed by atoms with Gasteiger partial charge in [0.25, 0.3) is 0 Å². The van der Waals surface area contributed by atoms with Crippen molar-refractivity contribution in [3.05, 3.63) is 427 Å². The molecule has 0 amide bonds. The molecule has 0 bridgehead atoms. The van der Waals surface area contributed by atoms with Crippen LogP contribution in [0.25, 0.3) is 177 Å². The maximum absolute atomic E-state index is 8.29. The summed E-state index contributed by atoms with van der Waals surface area (Å²) in [7, 11) is 12.1. The van der Waals surface area contributed by atoms with Gasteiger partial charge in [-0.25, -0.2) is 37.4 Å². The standard InChI is InChI=1S/C27H25N2O.C26H23N2O.2C22H26N.2C19H20N/c1-16-13-17(2)25(26-24(16)21-12-11-19(4)28-27(21)30-26)23-14-22(18(3)15-29(23)5)20-9-7-6-8-10-20;1-16-14-17(2)24(25-23(16)21-11-10-18(3)27-26(21)29-25)22-15-20(12-13-28(22)4)19-8-6-5-7-9-19;2*1-14(2)18-7-8-20-19(13-18)9-10-23(6)22(20)21-12-15(3)11-16(4)17(21)5;2*1-13-11-14(2)15(3)18(12-13)19-17-8-6-5-7-16(17)9-10-20(19)4/h6-15H,1-5H3;5-15H,1-4H3;2*7-14H,1-6H3;2*5-12H,1-4H3/q6*+1/i1D3,3D3;1D3;14D;;2D3;. The van der Waals surface area contributed by atoms with E-state index in [1.165, 1.54) is 122 Å². The maximum atomic E-state index is 8.29. The number of hydrogen-bond acceptors (Lipinski definition) is 4. The molecule has 12 aromatic carbocycles. The second-order valence-corrected chi connectivity index (χ2v) is 40.0. The number of fused-ring (bicyclic) bond motifs is 10. The van der Waals surface area contributed by atoms with E-state index < -0.39 is 33.3 Å². The number of furan rings is 2. The van der Waals surface area contributed by atoms with Crippen molar-refractivity contribution in [2.75, 3.05) is 0 Å². The van der Waals surface area contributed by atoms with Crippen LogP contribution in [0.15, 0.2) is 319 Å². The molecule has 726 valence electrons. The van der Waals surface area contributed by atoms with Gasteiger partial charge in [0.05, 0.1) is 54.9 Å². The number of aromatic nitrogens is 8. The number of hydrogen-bond donors (Lipinski definition) is 0. The Labute approximate surface area is 876 Å². The van der Waals surface area contributed by atoms with Gasteiger partial charge in [0.15, 0.2) is 48.3 Å².